The molecule has 2 N–H and O–H groups in total. The van der Waals surface area contributed by atoms with Crippen LogP contribution in [0.1, 0.15) is 27.2 Å². The lowest BCUT2D eigenvalue weighted by atomic mass is 10.0. The molecule has 0 saturated carbocycles. The van der Waals surface area contributed by atoms with E-state index in [9.17, 15) is 5.11 Å². The van der Waals surface area contributed by atoms with E-state index in [1.807, 2.05) is 6.92 Å². The number of aliphatic hydroxyl groups excluding tert-OH is 1. The Kier molecular flexibility index (Phi) is 7.15. The van der Waals surface area contributed by atoms with Crippen molar-refractivity contribution in [2.75, 3.05) is 27.2 Å². The highest BCUT2D eigenvalue weighted by Gasteiger charge is 2.11. The second kappa shape index (κ2) is 7.21. The molecule has 0 spiro atoms. The lowest BCUT2D eigenvalue weighted by Crippen LogP contribution is -2.42. The third-order valence-electron chi connectivity index (χ3n) is 2.04. The molecule has 0 aromatic carbocycles. The molecule has 0 aliphatic heterocycles. The smallest absolute Gasteiger partial charge is 0.0636 e. The predicted octanol–water partition coefficient (Wildman–Crippen LogP) is 0.933. The van der Waals surface area contributed by atoms with E-state index in [1.165, 1.54) is 0 Å². The van der Waals surface area contributed by atoms with Gasteiger partial charge in [0.2, 0.25) is 0 Å². The van der Waals surface area contributed by atoms with Gasteiger partial charge < -0.3 is 15.3 Å². The first-order valence-corrected chi connectivity index (χ1v) is 5.48. The number of nitrogens with zero attached hydrogens (tertiary/aromatic N) is 1. The third kappa shape index (κ3) is 8.48. The molecule has 0 radical (unpaired) electrons. The summed E-state index contributed by atoms with van der Waals surface area (Å²) in [7, 11) is 4.16. The van der Waals surface area contributed by atoms with Crippen LogP contribution in [0.25, 0.3) is 0 Å². The van der Waals surface area contributed by atoms with Crippen LogP contribution in [0, 0.1) is 5.92 Å². The van der Waals surface area contributed by atoms with Crippen LogP contribution in [0.3, 0.4) is 0 Å². The van der Waals surface area contributed by atoms with Gasteiger partial charge in [-0.05, 0) is 33.4 Å². The quantitative estimate of drug-likeness (QED) is 0.645. The average molecular weight is 202 g/mol. The van der Waals surface area contributed by atoms with Crippen molar-refractivity contribution < 1.29 is 5.11 Å². The molecular formula is C11H26N2O. The van der Waals surface area contributed by atoms with Crippen molar-refractivity contribution in [3.05, 3.63) is 0 Å². The van der Waals surface area contributed by atoms with Gasteiger partial charge in [0.1, 0.15) is 0 Å². The molecule has 0 aliphatic rings. The van der Waals surface area contributed by atoms with Gasteiger partial charge in [0.25, 0.3) is 0 Å². The second-order valence-electron chi connectivity index (χ2n) is 4.85. The van der Waals surface area contributed by atoms with Crippen LogP contribution >= 0.6 is 0 Å². The van der Waals surface area contributed by atoms with Gasteiger partial charge in [-0.3, -0.25) is 0 Å². The summed E-state index contributed by atoms with van der Waals surface area (Å²) in [5.41, 5.74) is 0. The van der Waals surface area contributed by atoms with Gasteiger partial charge in [-0.1, -0.05) is 13.8 Å². The zero-order valence-corrected chi connectivity index (χ0v) is 10.2. The maximum Gasteiger partial charge on any atom is 0.0636 e. The molecule has 0 aromatic heterocycles. The minimum absolute atomic E-state index is 0.258. The molecule has 0 amide bonds. The molecule has 0 aromatic rings. The minimum Gasteiger partial charge on any atom is -0.392 e. The Balaban J connectivity index is 3.84. The lowest BCUT2D eigenvalue weighted by Gasteiger charge is -2.24. The van der Waals surface area contributed by atoms with Gasteiger partial charge in [-0.25, -0.2) is 0 Å². The SMILES string of the molecule is CC(C)CC(CN(C)C)NC[C@H](C)O. The minimum atomic E-state index is -0.258. The Morgan fingerprint density at radius 1 is 1.21 bits per heavy atom. The fraction of sp³-hybridized carbons (Fsp3) is 1.00. The molecule has 2 atom stereocenters. The number of likely N-dealkylation sites (N-methyl/N-ethyl adjacent to an activating group) is 1. The number of aliphatic hydroxyl groups is 1. The molecular weight excluding hydrogens is 176 g/mol. The summed E-state index contributed by atoms with van der Waals surface area (Å²) in [5.74, 6) is 0.696. The highest BCUT2D eigenvalue weighted by molar-refractivity contribution is 4.72. The van der Waals surface area contributed by atoms with E-state index in [0.29, 0.717) is 18.5 Å². The zero-order valence-electron chi connectivity index (χ0n) is 10.2. The third-order valence-corrected chi connectivity index (χ3v) is 2.04. The zero-order chi connectivity index (χ0) is 11.1. The Hall–Kier alpha value is -0.120. The molecule has 0 fully saturated rings. The summed E-state index contributed by atoms with van der Waals surface area (Å²) in [5, 5.41) is 12.6. The van der Waals surface area contributed by atoms with E-state index >= 15 is 0 Å². The summed E-state index contributed by atoms with van der Waals surface area (Å²) in [4.78, 5) is 2.18. The standard InChI is InChI=1S/C11H26N2O/c1-9(2)6-11(8-13(4)5)12-7-10(3)14/h9-12,14H,6-8H2,1-5H3/t10-,11?/m0/s1. The van der Waals surface area contributed by atoms with E-state index < -0.39 is 0 Å². The lowest BCUT2D eigenvalue weighted by molar-refractivity contribution is 0.178. The Morgan fingerprint density at radius 2 is 1.79 bits per heavy atom. The van der Waals surface area contributed by atoms with E-state index in [-0.39, 0.29) is 6.10 Å². The summed E-state index contributed by atoms with van der Waals surface area (Å²) in [6.45, 7) is 7.99. The number of hydrogen-bond acceptors (Lipinski definition) is 3. The van der Waals surface area contributed by atoms with Gasteiger partial charge in [0, 0.05) is 19.1 Å². The van der Waals surface area contributed by atoms with Crippen LogP contribution in [-0.4, -0.2) is 49.3 Å². The van der Waals surface area contributed by atoms with E-state index in [0.717, 1.165) is 13.0 Å². The first-order chi connectivity index (χ1) is 6.41. The van der Waals surface area contributed by atoms with Crippen LogP contribution in [0.5, 0.6) is 0 Å². The van der Waals surface area contributed by atoms with E-state index in [2.05, 4.69) is 38.2 Å². The van der Waals surface area contributed by atoms with Crippen molar-refractivity contribution in [1.29, 1.82) is 0 Å². The van der Waals surface area contributed by atoms with Gasteiger partial charge in [-0.2, -0.15) is 0 Å². The molecule has 0 bridgehead atoms. The van der Waals surface area contributed by atoms with Crippen LogP contribution in [0.4, 0.5) is 0 Å². The van der Waals surface area contributed by atoms with Crippen LogP contribution in [0.15, 0.2) is 0 Å². The summed E-state index contributed by atoms with van der Waals surface area (Å²) < 4.78 is 0. The predicted molar refractivity (Wildman–Crippen MR) is 61.5 cm³/mol. The Morgan fingerprint density at radius 3 is 2.14 bits per heavy atom. The fourth-order valence-electron chi connectivity index (χ4n) is 1.57. The molecule has 86 valence electrons. The number of rotatable bonds is 7. The molecule has 3 heteroatoms. The summed E-state index contributed by atoms with van der Waals surface area (Å²) in [6.07, 6.45) is 0.900. The van der Waals surface area contributed by atoms with Gasteiger partial charge in [0.15, 0.2) is 0 Å². The molecule has 3 nitrogen and oxygen atoms in total. The average Bonchev–Trinajstić information content (AvgIpc) is 1.97. The van der Waals surface area contributed by atoms with E-state index in [4.69, 9.17) is 0 Å². The van der Waals surface area contributed by atoms with Crippen molar-refractivity contribution in [3.63, 3.8) is 0 Å². The van der Waals surface area contributed by atoms with Crippen LogP contribution < -0.4 is 5.32 Å². The normalized spacial score (nSPS) is 16.3. The number of nitrogens with one attached hydrogen (secondary N) is 1. The van der Waals surface area contributed by atoms with Crippen molar-refractivity contribution >= 4 is 0 Å². The van der Waals surface area contributed by atoms with Crippen molar-refractivity contribution in [2.24, 2.45) is 5.92 Å². The Labute approximate surface area is 88.5 Å². The molecule has 0 rings (SSSR count). The summed E-state index contributed by atoms with van der Waals surface area (Å²) in [6, 6.07) is 0.486. The molecule has 0 aliphatic carbocycles. The first kappa shape index (κ1) is 13.9. The van der Waals surface area contributed by atoms with Crippen molar-refractivity contribution in [2.45, 2.75) is 39.3 Å². The Bertz CT molecular complexity index is 125. The van der Waals surface area contributed by atoms with Crippen LogP contribution in [-0.2, 0) is 0 Å². The van der Waals surface area contributed by atoms with Crippen LogP contribution in [0.2, 0.25) is 0 Å². The van der Waals surface area contributed by atoms with Gasteiger partial charge in [0.05, 0.1) is 6.10 Å². The van der Waals surface area contributed by atoms with Crippen molar-refractivity contribution in [3.8, 4) is 0 Å². The van der Waals surface area contributed by atoms with Gasteiger partial charge in [-0.15, -0.1) is 0 Å². The fourth-order valence-corrected chi connectivity index (χ4v) is 1.57. The van der Waals surface area contributed by atoms with E-state index in [1.54, 1.807) is 0 Å². The monoisotopic (exact) mass is 202 g/mol. The molecule has 14 heavy (non-hydrogen) atoms. The first-order valence-electron chi connectivity index (χ1n) is 5.48. The number of hydrogen-bond donors (Lipinski definition) is 2. The maximum absolute atomic E-state index is 9.19. The molecule has 0 heterocycles. The molecule has 1 unspecified atom stereocenters. The maximum atomic E-state index is 9.19. The summed E-state index contributed by atoms with van der Waals surface area (Å²) >= 11 is 0. The second-order valence-corrected chi connectivity index (χ2v) is 4.85. The highest BCUT2D eigenvalue weighted by atomic mass is 16.3. The highest BCUT2D eigenvalue weighted by Crippen LogP contribution is 2.05. The largest absolute Gasteiger partial charge is 0.392 e. The van der Waals surface area contributed by atoms with Crippen molar-refractivity contribution in [1.82, 2.24) is 10.2 Å². The molecule has 0 saturated heterocycles. The topological polar surface area (TPSA) is 35.5 Å². The van der Waals surface area contributed by atoms with Gasteiger partial charge >= 0.3 is 0 Å².